The van der Waals surface area contributed by atoms with Crippen LogP contribution in [0.15, 0.2) is 48.8 Å². The molecular weight excluding hydrogens is 411 g/mol. The lowest BCUT2D eigenvalue weighted by Gasteiger charge is -2.08. The van der Waals surface area contributed by atoms with E-state index >= 15 is 0 Å². The van der Waals surface area contributed by atoms with Crippen molar-refractivity contribution in [2.75, 3.05) is 33.4 Å². The predicted molar refractivity (Wildman–Crippen MR) is 122 cm³/mol. The van der Waals surface area contributed by atoms with Crippen molar-refractivity contribution in [3.8, 4) is 22.9 Å². The van der Waals surface area contributed by atoms with E-state index in [-0.39, 0.29) is 5.75 Å². The molecule has 0 bridgehead atoms. The van der Waals surface area contributed by atoms with Crippen LogP contribution < -0.4 is 10.1 Å². The average molecular weight is 439 g/mol. The number of rotatable bonds is 5. The van der Waals surface area contributed by atoms with Crippen LogP contribution in [0.4, 0.5) is 4.39 Å². The Hall–Kier alpha value is -3.23. The van der Waals surface area contributed by atoms with E-state index < -0.39 is 5.82 Å². The molecule has 7 nitrogen and oxygen atoms in total. The number of pyridine rings is 2. The fourth-order valence-corrected chi connectivity index (χ4v) is 3.61. The molecule has 1 fully saturated rings. The van der Waals surface area contributed by atoms with E-state index in [1.165, 1.54) is 38.4 Å². The van der Waals surface area contributed by atoms with Gasteiger partial charge in [-0.15, -0.1) is 0 Å². The van der Waals surface area contributed by atoms with Gasteiger partial charge in [0.15, 0.2) is 0 Å². The Balaban J connectivity index is 0.000000354. The van der Waals surface area contributed by atoms with Gasteiger partial charge in [-0.1, -0.05) is 12.5 Å². The molecule has 4 aromatic rings. The number of benzene rings is 1. The zero-order valence-electron chi connectivity index (χ0n) is 18.1. The highest BCUT2D eigenvalue weighted by Gasteiger charge is 2.11. The molecule has 0 saturated carbocycles. The lowest BCUT2D eigenvalue weighted by Crippen LogP contribution is -2.21. The summed E-state index contributed by atoms with van der Waals surface area (Å²) in [6.07, 6.45) is 7.76. The first-order chi connectivity index (χ1) is 15.7. The van der Waals surface area contributed by atoms with Crippen molar-refractivity contribution >= 4 is 16.6 Å². The van der Waals surface area contributed by atoms with Gasteiger partial charge in [-0.2, -0.15) is 0 Å². The molecule has 1 saturated heterocycles. The summed E-state index contributed by atoms with van der Waals surface area (Å²) in [5.41, 5.74) is 2.44. The van der Waals surface area contributed by atoms with Crippen LogP contribution in [0.1, 0.15) is 19.3 Å². The molecule has 0 amide bonds. The fourth-order valence-electron chi connectivity index (χ4n) is 3.61. The molecule has 0 atom stereocenters. The lowest BCUT2D eigenvalue weighted by molar-refractivity contribution is 0.146. The number of methoxy groups -OCH3 is 1. The largest absolute Gasteiger partial charge is 0.506 e. The van der Waals surface area contributed by atoms with Crippen molar-refractivity contribution in [3.05, 3.63) is 54.6 Å². The van der Waals surface area contributed by atoms with Gasteiger partial charge in [0.05, 0.1) is 24.2 Å². The fraction of sp³-hybridized carbons (Fsp3) is 0.333. The standard InChI is InChI=1S/C19H16FN3O3.C5H11N/c1-25-6-7-26-14-4-5-23-16(11-21-18(23)10-14)15-3-2-12-8-13(20)9-17(24)19(12)22-15;1-2-4-6-5-3-1/h2-5,8-11,24H,6-7H2,1H3;6H,1-5H2. The van der Waals surface area contributed by atoms with Crippen molar-refractivity contribution in [2.45, 2.75) is 19.3 Å². The smallest absolute Gasteiger partial charge is 0.144 e. The molecule has 0 radical (unpaired) electrons. The predicted octanol–water partition coefficient (Wildman–Crippen LogP) is 4.18. The topological polar surface area (TPSA) is 80.9 Å². The molecule has 3 aromatic heterocycles. The first-order valence-electron chi connectivity index (χ1n) is 10.7. The van der Waals surface area contributed by atoms with Gasteiger partial charge in [0, 0.05) is 30.8 Å². The van der Waals surface area contributed by atoms with E-state index in [1.54, 1.807) is 25.4 Å². The van der Waals surface area contributed by atoms with E-state index in [0.717, 1.165) is 11.8 Å². The molecule has 32 heavy (non-hydrogen) atoms. The van der Waals surface area contributed by atoms with Gasteiger partial charge in [0.1, 0.15) is 35.1 Å². The summed E-state index contributed by atoms with van der Waals surface area (Å²) in [7, 11) is 1.62. The van der Waals surface area contributed by atoms with Crippen molar-refractivity contribution in [1.29, 1.82) is 0 Å². The number of nitrogens with zero attached hydrogens (tertiary/aromatic N) is 3. The normalized spacial score (nSPS) is 13.7. The summed E-state index contributed by atoms with van der Waals surface area (Å²) in [4.78, 5) is 8.86. The maximum absolute atomic E-state index is 13.4. The Labute approximate surface area is 185 Å². The lowest BCUT2D eigenvalue weighted by atomic mass is 10.1. The van der Waals surface area contributed by atoms with Crippen molar-refractivity contribution in [3.63, 3.8) is 0 Å². The molecule has 4 heterocycles. The molecule has 0 aliphatic carbocycles. The van der Waals surface area contributed by atoms with Crippen LogP contribution in [-0.4, -0.2) is 52.9 Å². The van der Waals surface area contributed by atoms with Gasteiger partial charge in [-0.05, 0) is 44.1 Å². The van der Waals surface area contributed by atoms with Crippen LogP contribution in [0.25, 0.3) is 27.9 Å². The number of hydrogen-bond acceptors (Lipinski definition) is 6. The number of fused-ring (bicyclic) bond motifs is 2. The molecule has 0 unspecified atom stereocenters. The van der Waals surface area contributed by atoms with E-state index in [4.69, 9.17) is 9.47 Å². The van der Waals surface area contributed by atoms with Gasteiger partial charge in [-0.25, -0.2) is 14.4 Å². The van der Waals surface area contributed by atoms with Gasteiger partial charge in [-0.3, -0.25) is 4.40 Å². The third kappa shape index (κ3) is 5.15. The molecule has 1 aliphatic heterocycles. The Kier molecular flexibility index (Phi) is 7.14. The SMILES string of the molecule is C1CCNCC1.COCCOc1ccn2c(-c3ccc4cc(F)cc(O)c4n3)cnc2c1. The van der Waals surface area contributed by atoms with Crippen LogP contribution in [0.3, 0.4) is 0 Å². The number of aromatic hydroxyl groups is 1. The number of nitrogens with one attached hydrogen (secondary N) is 1. The minimum absolute atomic E-state index is 0.190. The summed E-state index contributed by atoms with van der Waals surface area (Å²) in [6.45, 7) is 3.47. The summed E-state index contributed by atoms with van der Waals surface area (Å²) >= 11 is 0. The van der Waals surface area contributed by atoms with Crippen LogP contribution in [0.5, 0.6) is 11.5 Å². The highest BCUT2D eigenvalue weighted by Crippen LogP contribution is 2.28. The Morgan fingerprint density at radius 2 is 1.94 bits per heavy atom. The number of phenolic OH excluding ortho intramolecular Hbond substituents is 1. The highest BCUT2D eigenvalue weighted by molar-refractivity contribution is 5.86. The second-order valence-electron chi connectivity index (χ2n) is 7.58. The molecule has 2 N–H and O–H groups in total. The first kappa shape index (κ1) is 22.0. The summed E-state index contributed by atoms with van der Waals surface area (Å²) in [6, 6.07) is 9.55. The van der Waals surface area contributed by atoms with E-state index in [9.17, 15) is 9.50 Å². The number of imidazole rings is 1. The van der Waals surface area contributed by atoms with Gasteiger partial charge >= 0.3 is 0 Å². The maximum Gasteiger partial charge on any atom is 0.144 e. The second-order valence-corrected chi connectivity index (χ2v) is 7.58. The first-order valence-corrected chi connectivity index (χ1v) is 10.7. The Bertz CT molecular complexity index is 1180. The monoisotopic (exact) mass is 438 g/mol. The van der Waals surface area contributed by atoms with Gasteiger partial charge < -0.3 is 19.9 Å². The number of halogens is 1. The van der Waals surface area contributed by atoms with Crippen molar-refractivity contribution in [2.24, 2.45) is 0 Å². The van der Waals surface area contributed by atoms with Crippen LogP contribution in [0, 0.1) is 5.82 Å². The third-order valence-electron chi connectivity index (χ3n) is 5.25. The maximum atomic E-state index is 13.4. The molecule has 5 rings (SSSR count). The summed E-state index contributed by atoms with van der Waals surface area (Å²) < 4.78 is 25.8. The Morgan fingerprint density at radius 1 is 1.09 bits per heavy atom. The van der Waals surface area contributed by atoms with Crippen LogP contribution in [-0.2, 0) is 4.74 Å². The van der Waals surface area contributed by atoms with E-state index in [0.29, 0.717) is 41.2 Å². The number of ether oxygens (including phenoxy) is 2. The summed E-state index contributed by atoms with van der Waals surface area (Å²) in [5.74, 6) is 0.0103. The summed E-state index contributed by atoms with van der Waals surface area (Å²) in [5, 5.41) is 13.8. The van der Waals surface area contributed by atoms with Gasteiger partial charge in [0.2, 0.25) is 0 Å². The second kappa shape index (κ2) is 10.4. The van der Waals surface area contributed by atoms with Crippen LogP contribution in [0.2, 0.25) is 0 Å². The zero-order valence-corrected chi connectivity index (χ0v) is 18.1. The molecule has 1 aromatic carbocycles. The van der Waals surface area contributed by atoms with E-state index in [2.05, 4.69) is 15.3 Å². The minimum atomic E-state index is -0.500. The molecule has 1 aliphatic rings. The van der Waals surface area contributed by atoms with E-state index in [1.807, 2.05) is 22.7 Å². The van der Waals surface area contributed by atoms with Crippen molar-refractivity contribution in [1.82, 2.24) is 19.7 Å². The zero-order chi connectivity index (χ0) is 22.3. The van der Waals surface area contributed by atoms with Crippen molar-refractivity contribution < 1.29 is 19.0 Å². The quantitative estimate of drug-likeness (QED) is 0.455. The molecule has 168 valence electrons. The number of aromatic nitrogens is 3. The highest BCUT2D eigenvalue weighted by atomic mass is 19.1. The minimum Gasteiger partial charge on any atom is -0.506 e. The number of phenols is 1. The van der Waals surface area contributed by atoms with Gasteiger partial charge in [0.25, 0.3) is 0 Å². The molecular formula is C24H27FN4O3. The number of hydrogen-bond donors (Lipinski definition) is 2. The number of piperidine rings is 1. The third-order valence-corrected chi connectivity index (χ3v) is 5.25. The Morgan fingerprint density at radius 3 is 2.66 bits per heavy atom. The average Bonchev–Trinajstić information content (AvgIpc) is 3.24. The van der Waals surface area contributed by atoms with Crippen LogP contribution >= 0.6 is 0 Å². The molecule has 8 heteroatoms. The molecule has 0 spiro atoms.